The maximum atomic E-state index is 12.3. The molecule has 1 saturated carbocycles. The number of rotatable bonds is 2. The Kier molecular flexibility index (Phi) is 3.75. The molecule has 0 saturated heterocycles. The smallest absolute Gasteiger partial charge is 0.251 e. The summed E-state index contributed by atoms with van der Waals surface area (Å²) in [6.45, 7) is 0. The summed E-state index contributed by atoms with van der Waals surface area (Å²) in [6.07, 6.45) is 5.51. The second-order valence-electron chi connectivity index (χ2n) is 5.72. The quantitative estimate of drug-likeness (QED) is 0.784. The summed E-state index contributed by atoms with van der Waals surface area (Å²) in [5.74, 6) is -0.0550. The van der Waals surface area contributed by atoms with Crippen LogP contribution in [0.5, 0.6) is 0 Å². The van der Waals surface area contributed by atoms with Gasteiger partial charge in [-0.05, 0) is 49.9 Å². The summed E-state index contributed by atoms with van der Waals surface area (Å²) < 4.78 is 0. The first-order chi connectivity index (χ1) is 10.1. The highest BCUT2D eigenvalue weighted by Gasteiger charge is 2.20. The molecule has 2 aromatic rings. The predicted octanol–water partition coefficient (Wildman–Crippen LogP) is 1.82. The summed E-state index contributed by atoms with van der Waals surface area (Å²) in [6, 6.07) is 7.67. The number of benzene rings is 1. The van der Waals surface area contributed by atoms with Gasteiger partial charge in [-0.2, -0.15) is 0 Å². The van der Waals surface area contributed by atoms with E-state index < -0.39 is 0 Å². The van der Waals surface area contributed by atoms with Crippen molar-refractivity contribution < 1.29 is 4.79 Å². The van der Waals surface area contributed by atoms with Crippen LogP contribution in [0, 0.1) is 0 Å². The molecule has 0 spiro atoms. The van der Waals surface area contributed by atoms with Crippen LogP contribution in [0.1, 0.15) is 36.0 Å². The van der Waals surface area contributed by atoms with Crippen molar-refractivity contribution in [1.82, 2.24) is 10.3 Å². The van der Waals surface area contributed by atoms with Gasteiger partial charge in [-0.15, -0.1) is 0 Å². The van der Waals surface area contributed by atoms with Crippen molar-refractivity contribution in [2.24, 2.45) is 5.73 Å². The minimum Gasteiger partial charge on any atom is -0.398 e. The number of hydrogen-bond donors (Lipinski definition) is 3. The Morgan fingerprint density at radius 3 is 2.71 bits per heavy atom. The number of pyridine rings is 1. The van der Waals surface area contributed by atoms with Gasteiger partial charge in [-0.3, -0.25) is 9.78 Å². The fourth-order valence-electron chi connectivity index (χ4n) is 2.84. The molecule has 1 aliphatic carbocycles. The maximum Gasteiger partial charge on any atom is 0.251 e. The number of nitrogens with one attached hydrogen (secondary N) is 1. The first kappa shape index (κ1) is 13.8. The van der Waals surface area contributed by atoms with Gasteiger partial charge in [0, 0.05) is 34.9 Å². The van der Waals surface area contributed by atoms with Crippen LogP contribution in [-0.4, -0.2) is 23.0 Å². The summed E-state index contributed by atoms with van der Waals surface area (Å²) in [7, 11) is 0. The molecule has 1 aromatic carbocycles. The van der Waals surface area contributed by atoms with Crippen molar-refractivity contribution in [3.8, 4) is 0 Å². The average Bonchev–Trinajstić information content (AvgIpc) is 2.50. The molecule has 0 unspecified atom stereocenters. The molecule has 5 nitrogen and oxygen atoms in total. The SMILES string of the molecule is Nc1ccnc2ccc(C(=O)NC3CCC(N)CC3)cc12. The van der Waals surface area contributed by atoms with Gasteiger partial charge in [0.1, 0.15) is 0 Å². The van der Waals surface area contributed by atoms with E-state index in [1.807, 2.05) is 12.1 Å². The summed E-state index contributed by atoms with van der Waals surface area (Å²) in [5, 5.41) is 3.90. The first-order valence-corrected chi connectivity index (χ1v) is 7.34. The van der Waals surface area contributed by atoms with Gasteiger partial charge in [-0.25, -0.2) is 0 Å². The Morgan fingerprint density at radius 1 is 1.19 bits per heavy atom. The molecular weight excluding hydrogens is 264 g/mol. The molecule has 1 aromatic heterocycles. The monoisotopic (exact) mass is 284 g/mol. The van der Waals surface area contributed by atoms with E-state index in [9.17, 15) is 4.79 Å². The second-order valence-corrected chi connectivity index (χ2v) is 5.72. The Bertz CT molecular complexity index is 662. The van der Waals surface area contributed by atoms with Crippen LogP contribution in [0.3, 0.4) is 0 Å². The van der Waals surface area contributed by atoms with Crippen molar-refractivity contribution >= 4 is 22.5 Å². The van der Waals surface area contributed by atoms with E-state index in [0.29, 0.717) is 11.3 Å². The number of nitrogen functional groups attached to an aromatic ring is 1. The molecule has 1 aliphatic rings. The minimum absolute atomic E-state index is 0.0550. The summed E-state index contributed by atoms with van der Waals surface area (Å²) >= 11 is 0. The van der Waals surface area contributed by atoms with Crippen LogP contribution in [0.25, 0.3) is 10.9 Å². The molecule has 0 atom stereocenters. The fraction of sp³-hybridized carbons (Fsp3) is 0.375. The summed E-state index contributed by atoms with van der Waals surface area (Å²) in [4.78, 5) is 16.6. The van der Waals surface area contributed by atoms with Gasteiger partial charge >= 0.3 is 0 Å². The lowest BCUT2D eigenvalue weighted by Gasteiger charge is -2.26. The lowest BCUT2D eigenvalue weighted by Crippen LogP contribution is -2.40. The van der Waals surface area contributed by atoms with Crippen LogP contribution < -0.4 is 16.8 Å². The molecule has 0 bridgehead atoms. The largest absolute Gasteiger partial charge is 0.398 e. The zero-order valence-electron chi connectivity index (χ0n) is 11.9. The van der Waals surface area contributed by atoms with Crippen LogP contribution in [0.15, 0.2) is 30.5 Å². The van der Waals surface area contributed by atoms with Crippen molar-refractivity contribution in [2.45, 2.75) is 37.8 Å². The Balaban J connectivity index is 1.77. The average molecular weight is 284 g/mol. The van der Waals surface area contributed by atoms with E-state index in [2.05, 4.69) is 10.3 Å². The number of amides is 1. The van der Waals surface area contributed by atoms with Crippen molar-refractivity contribution in [3.63, 3.8) is 0 Å². The third kappa shape index (κ3) is 2.97. The van der Waals surface area contributed by atoms with Crippen LogP contribution in [0.4, 0.5) is 5.69 Å². The number of anilines is 1. The number of hydrogen-bond acceptors (Lipinski definition) is 4. The van der Waals surface area contributed by atoms with E-state index in [-0.39, 0.29) is 18.0 Å². The fourth-order valence-corrected chi connectivity index (χ4v) is 2.84. The molecule has 1 amide bonds. The third-order valence-corrected chi connectivity index (χ3v) is 4.14. The Labute approximate surface area is 123 Å². The zero-order valence-corrected chi connectivity index (χ0v) is 11.9. The van der Waals surface area contributed by atoms with Crippen molar-refractivity contribution in [2.75, 3.05) is 5.73 Å². The van der Waals surface area contributed by atoms with Gasteiger partial charge in [0.2, 0.25) is 0 Å². The maximum absolute atomic E-state index is 12.3. The number of nitrogens with zero attached hydrogens (tertiary/aromatic N) is 1. The zero-order chi connectivity index (χ0) is 14.8. The van der Waals surface area contributed by atoms with E-state index >= 15 is 0 Å². The molecular formula is C16H20N4O. The topological polar surface area (TPSA) is 94.0 Å². The van der Waals surface area contributed by atoms with Gasteiger partial charge in [0.05, 0.1) is 5.52 Å². The first-order valence-electron chi connectivity index (χ1n) is 7.34. The normalized spacial score (nSPS) is 22.1. The molecule has 1 fully saturated rings. The van der Waals surface area contributed by atoms with Crippen LogP contribution in [-0.2, 0) is 0 Å². The number of carbonyl (C=O) groups excluding carboxylic acids is 1. The van der Waals surface area contributed by atoms with E-state index in [1.54, 1.807) is 18.3 Å². The van der Waals surface area contributed by atoms with Crippen LogP contribution >= 0.6 is 0 Å². The number of carbonyl (C=O) groups is 1. The molecule has 5 N–H and O–H groups in total. The third-order valence-electron chi connectivity index (χ3n) is 4.14. The predicted molar refractivity (Wildman–Crippen MR) is 83.9 cm³/mol. The van der Waals surface area contributed by atoms with Gasteiger partial charge < -0.3 is 16.8 Å². The van der Waals surface area contributed by atoms with Gasteiger partial charge in [0.25, 0.3) is 5.91 Å². The molecule has 3 rings (SSSR count). The van der Waals surface area contributed by atoms with E-state index in [0.717, 1.165) is 36.6 Å². The molecule has 110 valence electrons. The van der Waals surface area contributed by atoms with Crippen molar-refractivity contribution in [3.05, 3.63) is 36.0 Å². The van der Waals surface area contributed by atoms with Crippen LogP contribution in [0.2, 0.25) is 0 Å². The molecule has 1 heterocycles. The summed E-state index contributed by atoms with van der Waals surface area (Å²) in [5.41, 5.74) is 13.9. The minimum atomic E-state index is -0.0550. The standard InChI is InChI=1S/C16H20N4O/c17-11-2-4-12(5-3-11)20-16(21)10-1-6-15-13(9-10)14(18)7-8-19-15/h1,6-9,11-12H,2-5,17H2,(H2,18,19)(H,20,21). The number of aromatic nitrogens is 1. The lowest BCUT2D eigenvalue weighted by atomic mass is 9.91. The molecule has 5 heteroatoms. The van der Waals surface area contributed by atoms with Gasteiger partial charge in [0.15, 0.2) is 0 Å². The second kappa shape index (κ2) is 5.69. The van der Waals surface area contributed by atoms with E-state index in [1.165, 1.54) is 0 Å². The highest BCUT2D eigenvalue weighted by atomic mass is 16.1. The van der Waals surface area contributed by atoms with E-state index in [4.69, 9.17) is 11.5 Å². The molecule has 0 radical (unpaired) electrons. The Morgan fingerprint density at radius 2 is 1.95 bits per heavy atom. The molecule has 0 aliphatic heterocycles. The lowest BCUT2D eigenvalue weighted by molar-refractivity contribution is 0.0926. The van der Waals surface area contributed by atoms with Crippen molar-refractivity contribution in [1.29, 1.82) is 0 Å². The number of fused-ring (bicyclic) bond motifs is 1. The number of nitrogens with two attached hydrogens (primary N) is 2. The Hall–Kier alpha value is -2.14. The molecule has 21 heavy (non-hydrogen) atoms. The van der Waals surface area contributed by atoms with Gasteiger partial charge in [-0.1, -0.05) is 0 Å². The highest BCUT2D eigenvalue weighted by Crippen LogP contribution is 2.21. The highest BCUT2D eigenvalue weighted by molar-refractivity contribution is 6.00.